The fourth-order valence-corrected chi connectivity index (χ4v) is 2.44. The van der Waals surface area contributed by atoms with Crippen LogP contribution in [0.5, 0.6) is 0 Å². The van der Waals surface area contributed by atoms with Gasteiger partial charge >= 0.3 is 0 Å². The Labute approximate surface area is 94.2 Å². The predicted molar refractivity (Wildman–Crippen MR) is 63.4 cm³/mol. The molecule has 2 heterocycles. The molecule has 0 aromatic carbocycles. The van der Waals surface area contributed by atoms with Crippen molar-refractivity contribution in [3.05, 3.63) is 12.4 Å². The van der Waals surface area contributed by atoms with Crippen molar-refractivity contribution in [2.75, 3.05) is 12.3 Å². The molecule has 1 aromatic heterocycles. The molecule has 5 heteroatoms. The summed E-state index contributed by atoms with van der Waals surface area (Å²) in [5.74, 6) is 1.13. The van der Waals surface area contributed by atoms with E-state index in [0.29, 0.717) is 6.04 Å². The lowest BCUT2D eigenvalue weighted by molar-refractivity contribution is 0.596. The fraction of sp³-hybridized carbons (Fsp3) is 0.600. The number of thioether (sulfide) groups is 1. The number of aliphatic imine (C=N–C) groups is 1. The molecule has 1 aromatic rings. The fourth-order valence-electron chi connectivity index (χ4n) is 1.55. The summed E-state index contributed by atoms with van der Waals surface area (Å²) in [6, 6.07) is 0.562. The van der Waals surface area contributed by atoms with E-state index >= 15 is 0 Å². The molecule has 15 heavy (non-hydrogen) atoms. The lowest BCUT2D eigenvalue weighted by atomic mass is 10.2. The minimum Gasteiger partial charge on any atom is -0.372 e. The van der Waals surface area contributed by atoms with E-state index in [2.05, 4.69) is 19.9 Å². The van der Waals surface area contributed by atoms with Crippen molar-refractivity contribution in [3.8, 4) is 0 Å². The zero-order valence-electron chi connectivity index (χ0n) is 8.89. The summed E-state index contributed by atoms with van der Waals surface area (Å²) in [5, 5.41) is 4.34. The molecule has 0 radical (unpaired) electrons. The van der Waals surface area contributed by atoms with E-state index in [1.165, 1.54) is 12.8 Å². The van der Waals surface area contributed by atoms with Crippen molar-refractivity contribution < 1.29 is 0 Å². The summed E-state index contributed by atoms with van der Waals surface area (Å²) < 4.78 is 2.06. The monoisotopic (exact) mass is 224 g/mol. The number of aryl methyl sites for hydroxylation is 1. The molecule has 1 N–H and O–H groups in total. The van der Waals surface area contributed by atoms with E-state index in [-0.39, 0.29) is 0 Å². The molecule has 0 fully saturated rings. The lowest BCUT2D eigenvalue weighted by Gasteiger charge is -2.08. The normalized spacial score (nSPS) is 19.4. The maximum atomic E-state index is 4.27. The van der Waals surface area contributed by atoms with E-state index < -0.39 is 0 Å². The van der Waals surface area contributed by atoms with Crippen LogP contribution in [0.1, 0.15) is 12.8 Å². The topological polar surface area (TPSA) is 42.2 Å². The number of imidazole rings is 1. The van der Waals surface area contributed by atoms with Gasteiger partial charge in [-0.1, -0.05) is 11.8 Å². The molecule has 1 unspecified atom stereocenters. The SMILES string of the molecule is Cn1ccnc1SCCCC1CN=CN1. The minimum absolute atomic E-state index is 0.562. The van der Waals surface area contributed by atoms with E-state index in [0.717, 1.165) is 17.5 Å². The zero-order valence-corrected chi connectivity index (χ0v) is 9.70. The van der Waals surface area contributed by atoms with Crippen LogP contribution >= 0.6 is 11.8 Å². The molecular formula is C10H16N4S. The summed E-state index contributed by atoms with van der Waals surface area (Å²) in [7, 11) is 2.03. The highest BCUT2D eigenvalue weighted by Gasteiger charge is 2.09. The van der Waals surface area contributed by atoms with Crippen LogP contribution in [0.25, 0.3) is 0 Å². The van der Waals surface area contributed by atoms with Gasteiger partial charge in [0.05, 0.1) is 12.9 Å². The van der Waals surface area contributed by atoms with Crippen LogP contribution in [0.3, 0.4) is 0 Å². The maximum Gasteiger partial charge on any atom is 0.167 e. The van der Waals surface area contributed by atoms with E-state index in [4.69, 9.17) is 0 Å². The average Bonchev–Trinajstić information content (AvgIpc) is 2.85. The molecule has 2 rings (SSSR count). The third-order valence-corrected chi connectivity index (χ3v) is 3.58. The van der Waals surface area contributed by atoms with Crippen molar-refractivity contribution in [2.24, 2.45) is 12.0 Å². The van der Waals surface area contributed by atoms with Crippen molar-refractivity contribution in [1.82, 2.24) is 14.9 Å². The highest BCUT2D eigenvalue weighted by molar-refractivity contribution is 7.99. The second-order valence-corrected chi connectivity index (χ2v) is 4.73. The van der Waals surface area contributed by atoms with Crippen LogP contribution < -0.4 is 5.32 Å². The number of aromatic nitrogens is 2. The van der Waals surface area contributed by atoms with Crippen LogP contribution in [0.4, 0.5) is 0 Å². The third-order valence-electron chi connectivity index (χ3n) is 2.43. The second-order valence-electron chi connectivity index (χ2n) is 3.67. The first kappa shape index (κ1) is 10.5. The summed E-state index contributed by atoms with van der Waals surface area (Å²) in [6.07, 6.45) is 8.04. The van der Waals surface area contributed by atoms with Gasteiger partial charge in [-0.3, -0.25) is 4.99 Å². The quantitative estimate of drug-likeness (QED) is 0.605. The Morgan fingerprint density at radius 1 is 1.67 bits per heavy atom. The summed E-state index contributed by atoms with van der Waals surface area (Å²) in [6.45, 7) is 0.938. The average molecular weight is 224 g/mol. The first-order valence-electron chi connectivity index (χ1n) is 5.21. The van der Waals surface area contributed by atoms with Gasteiger partial charge in [-0.05, 0) is 12.8 Å². The molecule has 82 valence electrons. The van der Waals surface area contributed by atoms with Crippen LogP contribution in [0.15, 0.2) is 22.5 Å². The van der Waals surface area contributed by atoms with Crippen LogP contribution in [-0.4, -0.2) is 34.2 Å². The summed E-state index contributed by atoms with van der Waals surface area (Å²) >= 11 is 1.82. The minimum atomic E-state index is 0.562. The number of hydrogen-bond donors (Lipinski definition) is 1. The van der Waals surface area contributed by atoms with Crippen molar-refractivity contribution in [1.29, 1.82) is 0 Å². The molecule has 4 nitrogen and oxygen atoms in total. The van der Waals surface area contributed by atoms with Crippen molar-refractivity contribution in [3.63, 3.8) is 0 Å². The molecule has 1 aliphatic rings. The Morgan fingerprint density at radius 3 is 3.27 bits per heavy atom. The highest BCUT2D eigenvalue weighted by atomic mass is 32.2. The predicted octanol–water partition coefficient (Wildman–Crippen LogP) is 1.29. The molecule has 0 saturated heterocycles. The van der Waals surface area contributed by atoms with Crippen molar-refractivity contribution in [2.45, 2.75) is 24.0 Å². The summed E-state index contributed by atoms with van der Waals surface area (Å²) in [5.41, 5.74) is 0. The van der Waals surface area contributed by atoms with Crippen molar-refractivity contribution >= 4 is 18.1 Å². The molecule has 0 bridgehead atoms. The Balaban J connectivity index is 1.61. The Hall–Kier alpha value is -0.970. The van der Waals surface area contributed by atoms with Gasteiger partial charge in [-0.2, -0.15) is 0 Å². The molecule has 0 aliphatic carbocycles. The standard InChI is InChI=1S/C10H16N4S/c1-14-5-4-12-10(14)15-6-2-3-9-7-11-8-13-9/h4-5,8-9H,2-3,6-7H2,1H3,(H,11,13). The van der Waals surface area contributed by atoms with Gasteiger partial charge in [0.1, 0.15) is 0 Å². The Bertz CT molecular complexity index is 326. The molecule has 1 atom stereocenters. The van der Waals surface area contributed by atoms with Crippen LogP contribution in [-0.2, 0) is 7.05 Å². The van der Waals surface area contributed by atoms with Crippen LogP contribution in [0, 0.1) is 0 Å². The first-order chi connectivity index (χ1) is 7.36. The molecule has 1 aliphatic heterocycles. The molecule has 0 spiro atoms. The van der Waals surface area contributed by atoms with Gasteiger partial charge in [-0.25, -0.2) is 4.98 Å². The Morgan fingerprint density at radius 2 is 2.60 bits per heavy atom. The first-order valence-corrected chi connectivity index (χ1v) is 6.19. The molecule has 0 amide bonds. The second kappa shape index (κ2) is 5.21. The van der Waals surface area contributed by atoms with E-state index in [1.807, 2.05) is 37.5 Å². The number of nitrogens with one attached hydrogen (secondary N) is 1. The van der Waals surface area contributed by atoms with Gasteiger partial charge in [0, 0.05) is 31.2 Å². The van der Waals surface area contributed by atoms with E-state index in [9.17, 15) is 0 Å². The van der Waals surface area contributed by atoms with Gasteiger partial charge in [0.15, 0.2) is 5.16 Å². The largest absolute Gasteiger partial charge is 0.372 e. The molecular weight excluding hydrogens is 208 g/mol. The number of hydrogen-bond acceptors (Lipinski definition) is 4. The lowest BCUT2D eigenvalue weighted by Crippen LogP contribution is -2.24. The number of rotatable bonds is 5. The van der Waals surface area contributed by atoms with Gasteiger partial charge in [0.25, 0.3) is 0 Å². The summed E-state index contributed by atoms with van der Waals surface area (Å²) in [4.78, 5) is 8.42. The van der Waals surface area contributed by atoms with Crippen LogP contribution in [0.2, 0.25) is 0 Å². The zero-order chi connectivity index (χ0) is 10.5. The number of nitrogens with zero attached hydrogens (tertiary/aromatic N) is 3. The Kier molecular flexibility index (Phi) is 3.66. The molecule has 0 saturated carbocycles. The smallest absolute Gasteiger partial charge is 0.167 e. The third kappa shape index (κ3) is 2.99. The highest BCUT2D eigenvalue weighted by Crippen LogP contribution is 2.16. The van der Waals surface area contributed by atoms with Gasteiger partial charge in [0.2, 0.25) is 0 Å². The maximum absolute atomic E-state index is 4.27. The van der Waals surface area contributed by atoms with E-state index in [1.54, 1.807) is 0 Å². The van der Waals surface area contributed by atoms with Gasteiger partial charge in [-0.15, -0.1) is 0 Å². The van der Waals surface area contributed by atoms with Gasteiger partial charge < -0.3 is 9.88 Å².